The second-order valence-corrected chi connectivity index (χ2v) is 11.1. The van der Waals surface area contributed by atoms with Gasteiger partial charge in [0.25, 0.3) is 0 Å². The fourth-order valence-corrected chi connectivity index (χ4v) is 7.92. The van der Waals surface area contributed by atoms with Gasteiger partial charge in [0.2, 0.25) is 0 Å². The fourth-order valence-electron chi connectivity index (χ4n) is 7.49. The van der Waals surface area contributed by atoms with Crippen molar-refractivity contribution in [3.05, 3.63) is 23.3 Å². The first kappa shape index (κ1) is 20.9. The van der Waals surface area contributed by atoms with Gasteiger partial charge in [-0.25, -0.2) is 0 Å². The molecule has 31 heavy (non-hydrogen) atoms. The largest absolute Gasteiger partial charge is 0.504 e. The summed E-state index contributed by atoms with van der Waals surface area (Å²) in [7, 11) is 0. The predicted molar refractivity (Wildman–Crippen MR) is 122 cm³/mol. The average molecular weight is 467 g/mol. The predicted octanol–water partition coefficient (Wildman–Crippen LogP) is 3.10. The standard InChI is InChI=1S/C24H32Cl2N2O3/c25-8-11-27(12-9-26)17-5-6-24(30)19-13-16-3-4-18(29)21-20(16)23(24,22(17)31-21)7-10-28(19)14-15-1-2-15/h3-4,15,17,19,22,29-30H,1-2,5-14H2/t17-,19-,22+,23+,24-/m1/s1. The lowest BCUT2D eigenvalue weighted by Gasteiger charge is -2.65. The van der Waals surface area contributed by atoms with Gasteiger partial charge in [0.1, 0.15) is 6.10 Å². The average Bonchev–Trinajstić information content (AvgIpc) is 3.49. The third-order valence-corrected chi connectivity index (χ3v) is 9.28. The molecule has 0 amide bonds. The fraction of sp³-hybridized carbons (Fsp3) is 0.750. The molecule has 0 aromatic heterocycles. The van der Waals surface area contributed by atoms with Crippen molar-refractivity contribution in [1.29, 1.82) is 0 Å². The van der Waals surface area contributed by atoms with Crippen LogP contribution in [0.1, 0.15) is 43.2 Å². The second-order valence-electron chi connectivity index (χ2n) is 10.3. The number of aromatic hydroxyl groups is 1. The molecule has 5 nitrogen and oxygen atoms in total. The first-order chi connectivity index (χ1) is 15.0. The number of nitrogens with zero attached hydrogens (tertiary/aromatic N) is 2. The Morgan fingerprint density at radius 3 is 2.61 bits per heavy atom. The number of rotatable bonds is 7. The van der Waals surface area contributed by atoms with Crippen LogP contribution in [-0.4, -0.2) is 81.7 Å². The Balaban J connectivity index is 1.47. The third kappa shape index (κ3) is 2.80. The van der Waals surface area contributed by atoms with E-state index in [1.165, 1.54) is 18.4 Å². The number of hydrogen-bond donors (Lipinski definition) is 2. The molecule has 2 saturated carbocycles. The summed E-state index contributed by atoms with van der Waals surface area (Å²) in [5, 5.41) is 23.2. The summed E-state index contributed by atoms with van der Waals surface area (Å²) in [5.41, 5.74) is 1.02. The van der Waals surface area contributed by atoms with Crippen molar-refractivity contribution in [2.75, 3.05) is 37.9 Å². The van der Waals surface area contributed by atoms with Gasteiger partial charge in [-0.2, -0.15) is 0 Å². The normalized spacial score (nSPS) is 38.3. The lowest BCUT2D eigenvalue weighted by Crippen LogP contribution is -2.78. The van der Waals surface area contributed by atoms with E-state index in [2.05, 4.69) is 15.9 Å². The molecule has 3 aliphatic carbocycles. The van der Waals surface area contributed by atoms with Crippen molar-refractivity contribution in [2.24, 2.45) is 5.92 Å². The highest BCUT2D eigenvalue weighted by atomic mass is 35.5. The van der Waals surface area contributed by atoms with Gasteiger partial charge in [0.05, 0.1) is 11.0 Å². The van der Waals surface area contributed by atoms with Crippen LogP contribution in [-0.2, 0) is 11.8 Å². The number of ether oxygens (including phenoxy) is 1. The van der Waals surface area contributed by atoms with E-state index < -0.39 is 11.0 Å². The molecule has 5 atom stereocenters. The Morgan fingerprint density at radius 1 is 1.13 bits per heavy atom. The molecule has 7 heteroatoms. The van der Waals surface area contributed by atoms with Gasteiger partial charge in [0.15, 0.2) is 11.5 Å². The van der Waals surface area contributed by atoms with E-state index in [-0.39, 0.29) is 23.9 Å². The maximum atomic E-state index is 12.5. The topological polar surface area (TPSA) is 56.2 Å². The van der Waals surface area contributed by atoms with Gasteiger partial charge >= 0.3 is 0 Å². The number of benzene rings is 1. The first-order valence-electron chi connectivity index (χ1n) is 11.9. The van der Waals surface area contributed by atoms with Crippen molar-refractivity contribution >= 4 is 23.2 Å². The molecule has 3 fully saturated rings. The summed E-state index contributed by atoms with van der Waals surface area (Å²) in [6.07, 6.45) is 5.76. The Bertz CT molecular complexity index is 875. The molecule has 2 aliphatic heterocycles. The van der Waals surface area contributed by atoms with Crippen LogP contribution >= 0.6 is 23.2 Å². The van der Waals surface area contributed by atoms with Gasteiger partial charge in [-0.15, -0.1) is 23.2 Å². The highest BCUT2D eigenvalue weighted by molar-refractivity contribution is 6.18. The van der Waals surface area contributed by atoms with E-state index in [0.29, 0.717) is 17.5 Å². The van der Waals surface area contributed by atoms with E-state index in [0.717, 1.165) is 63.3 Å². The number of alkyl halides is 2. The van der Waals surface area contributed by atoms with E-state index in [1.54, 1.807) is 6.07 Å². The molecule has 2 heterocycles. The summed E-state index contributed by atoms with van der Waals surface area (Å²) in [6.45, 7) is 3.58. The van der Waals surface area contributed by atoms with E-state index in [9.17, 15) is 10.2 Å². The lowest BCUT2D eigenvalue weighted by molar-refractivity contribution is -0.200. The first-order valence-corrected chi connectivity index (χ1v) is 12.9. The number of likely N-dealkylation sites (tertiary alicyclic amines) is 1. The monoisotopic (exact) mass is 466 g/mol. The minimum absolute atomic E-state index is 0.117. The number of halogens is 2. The van der Waals surface area contributed by atoms with Crippen molar-refractivity contribution in [1.82, 2.24) is 9.80 Å². The van der Waals surface area contributed by atoms with Crippen LogP contribution in [0.25, 0.3) is 0 Å². The van der Waals surface area contributed by atoms with Gasteiger partial charge in [-0.05, 0) is 62.6 Å². The number of phenols is 1. The maximum Gasteiger partial charge on any atom is 0.165 e. The molecule has 1 saturated heterocycles. The van der Waals surface area contributed by atoms with E-state index in [1.807, 2.05) is 0 Å². The highest BCUT2D eigenvalue weighted by Gasteiger charge is 2.73. The molecule has 170 valence electrons. The lowest BCUT2D eigenvalue weighted by atomic mass is 9.48. The van der Waals surface area contributed by atoms with Gasteiger partial charge in [-0.3, -0.25) is 9.80 Å². The van der Waals surface area contributed by atoms with Gasteiger partial charge in [0, 0.05) is 49.0 Å². The summed E-state index contributed by atoms with van der Waals surface area (Å²) in [6, 6.07) is 4.09. The van der Waals surface area contributed by atoms with Crippen LogP contribution in [0.4, 0.5) is 0 Å². The van der Waals surface area contributed by atoms with E-state index in [4.69, 9.17) is 27.9 Å². The molecule has 6 rings (SSSR count). The van der Waals surface area contributed by atoms with Gasteiger partial charge < -0.3 is 14.9 Å². The summed E-state index contributed by atoms with van der Waals surface area (Å²) >= 11 is 12.3. The SMILES string of the molecule is Oc1ccc2c3c1O[C@H]1[C@H](N(CCCl)CCCl)CC[C@@]4(O)[C@@H](C2)N(CC2CC2)CC[C@]314. The molecule has 2 bridgehead atoms. The zero-order valence-electron chi connectivity index (χ0n) is 17.9. The zero-order chi connectivity index (χ0) is 21.4. The maximum absolute atomic E-state index is 12.5. The number of phenolic OH excluding ortho intramolecular Hbond substituents is 1. The van der Waals surface area contributed by atoms with Crippen LogP contribution in [0.5, 0.6) is 11.5 Å². The Kier molecular flexibility index (Phi) is 4.97. The number of aliphatic hydroxyl groups is 1. The molecule has 0 unspecified atom stereocenters. The third-order valence-electron chi connectivity index (χ3n) is 8.94. The van der Waals surface area contributed by atoms with Crippen LogP contribution in [0.15, 0.2) is 12.1 Å². The van der Waals surface area contributed by atoms with Crippen LogP contribution in [0, 0.1) is 5.92 Å². The molecule has 2 N–H and O–H groups in total. The summed E-state index contributed by atoms with van der Waals surface area (Å²) in [4.78, 5) is 4.92. The Morgan fingerprint density at radius 2 is 1.90 bits per heavy atom. The number of hydrogen-bond acceptors (Lipinski definition) is 5. The smallest absolute Gasteiger partial charge is 0.165 e. The van der Waals surface area contributed by atoms with Crippen LogP contribution < -0.4 is 4.74 Å². The molecule has 5 aliphatic rings. The minimum atomic E-state index is -0.832. The molecular weight excluding hydrogens is 435 g/mol. The zero-order valence-corrected chi connectivity index (χ0v) is 19.4. The van der Waals surface area contributed by atoms with E-state index >= 15 is 0 Å². The molecular formula is C24H32Cl2N2O3. The van der Waals surface area contributed by atoms with Crippen molar-refractivity contribution in [3.8, 4) is 11.5 Å². The quantitative estimate of drug-likeness (QED) is 0.604. The number of piperidine rings is 1. The minimum Gasteiger partial charge on any atom is -0.504 e. The molecule has 0 radical (unpaired) electrons. The second kappa shape index (κ2) is 7.39. The molecule has 1 aromatic carbocycles. The van der Waals surface area contributed by atoms with Gasteiger partial charge in [-0.1, -0.05) is 6.07 Å². The van der Waals surface area contributed by atoms with Crippen molar-refractivity contribution < 1.29 is 14.9 Å². The van der Waals surface area contributed by atoms with Crippen LogP contribution in [0.2, 0.25) is 0 Å². The van der Waals surface area contributed by atoms with Crippen LogP contribution in [0.3, 0.4) is 0 Å². The van der Waals surface area contributed by atoms with Crippen molar-refractivity contribution in [3.63, 3.8) is 0 Å². The summed E-state index contributed by atoms with van der Waals surface area (Å²) in [5.74, 6) is 2.68. The molecule has 1 spiro atoms. The Labute approximate surface area is 194 Å². The van der Waals surface area contributed by atoms with Crippen molar-refractivity contribution in [2.45, 2.75) is 67.7 Å². The summed E-state index contributed by atoms with van der Waals surface area (Å²) < 4.78 is 6.63. The molecule has 1 aromatic rings. The Hall–Kier alpha value is -0.720. The highest BCUT2D eigenvalue weighted by Crippen LogP contribution is 2.66.